The summed E-state index contributed by atoms with van der Waals surface area (Å²) in [5, 5.41) is 0. The second kappa shape index (κ2) is 5.84. The van der Waals surface area contributed by atoms with E-state index < -0.39 is 11.7 Å². The maximum absolute atomic E-state index is 12.3. The smallest absolute Gasteiger partial charge is 0.416 e. The molecule has 0 bridgehead atoms. The van der Waals surface area contributed by atoms with E-state index in [-0.39, 0.29) is 18.1 Å². The minimum atomic E-state index is -4.36. The lowest BCUT2D eigenvalue weighted by Crippen LogP contribution is -2.06. The van der Waals surface area contributed by atoms with Gasteiger partial charge in [0.05, 0.1) is 17.9 Å². The molecule has 0 saturated carbocycles. The largest absolute Gasteiger partial charge is 0.491 e. The third-order valence-electron chi connectivity index (χ3n) is 1.80. The molecule has 1 aromatic carbocycles. The quantitative estimate of drug-likeness (QED) is 0.839. The molecule has 0 aliphatic rings. The van der Waals surface area contributed by atoms with Crippen LogP contribution < -0.4 is 10.5 Å². The molecule has 0 radical (unpaired) electrons. The van der Waals surface area contributed by atoms with Gasteiger partial charge in [-0.1, -0.05) is 6.92 Å². The highest BCUT2D eigenvalue weighted by Crippen LogP contribution is 2.33. The lowest BCUT2D eigenvalue weighted by Gasteiger charge is -2.11. The molecule has 0 spiro atoms. The van der Waals surface area contributed by atoms with Gasteiger partial charge in [-0.3, -0.25) is 0 Å². The molecular weight excluding hydrogens is 243 g/mol. The van der Waals surface area contributed by atoms with E-state index in [1.54, 1.807) is 0 Å². The highest BCUT2D eigenvalue weighted by molar-refractivity contribution is 5.85. The molecule has 2 N–H and O–H groups in total. The van der Waals surface area contributed by atoms with Crippen LogP contribution in [0.1, 0.15) is 18.9 Å². The van der Waals surface area contributed by atoms with Crippen LogP contribution in [0.3, 0.4) is 0 Å². The molecule has 0 atom stereocenters. The van der Waals surface area contributed by atoms with Gasteiger partial charge in [0, 0.05) is 0 Å². The fourth-order valence-electron chi connectivity index (χ4n) is 1.07. The maximum atomic E-state index is 12.3. The van der Waals surface area contributed by atoms with Gasteiger partial charge < -0.3 is 10.5 Å². The molecule has 2 nitrogen and oxygen atoms in total. The Morgan fingerprint density at radius 3 is 2.38 bits per heavy atom. The SMILES string of the molecule is CCCOc1ccc(C(F)(F)F)cc1N.Cl. The summed E-state index contributed by atoms with van der Waals surface area (Å²) in [6, 6.07) is 3.08. The summed E-state index contributed by atoms with van der Waals surface area (Å²) in [7, 11) is 0. The molecule has 1 aromatic rings. The number of halogens is 4. The molecule has 92 valence electrons. The van der Waals surface area contributed by atoms with E-state index in [0.29, 0.717) is 12.4 Å². The van der Waals surface area contributed by atoms with Crippen molar-refractivity contribution in [2.24, 2.45) is 0 Å². The third kappa shape index (κ3) is 3.81. The van der Waals surface area contributed by atoms with Crippen LogP contribution in [0.25, 0.3) is 0 Å². The fraction of sp³-hybridized carbons (Fsp3) is 0.400. The predicted molar refractivity (Wildman–Crippen MR) is 58.9 cm³/mol. The van der Waals surface area contributed by atoms with Gasteiger partial charge in [0.15, 0.2) is 0 Å². The Labute approximate surface area is 98.0 Å². The van der Waals surface area contributed by atoms with Crippen LogP contribution in [0.15, 0.2) is 18.2 Å². The van der Waals surface area contributed by atoms with Gasteiger partial charge in [-0.2, -0.15) is 13.2 Å². The van der Waals surface area contributed by atoms with Gasteiger partial charge in [-0.25, -0.2) is 0 Å². The summed E-state index contributed by atoms with van der Waals surface area (Å²) in [5.41, 5.74) is 4.69. The van der Waals surface area contributed by atoms with Crippen molar-refractivity contribution in [1.82, 2.24) is 0 Å². The van der Waals surface area contributed by atoms with Crippen molar-refractivity contribution in [2.45, 2.75) is 19.5 Å². The van der Waals surface area contributed by atoms with Crippen molar-refractivity contribution in [3.63, 3.8) is 0 Å². The first kappa shape index (κ1) is 14.9. The van der Waals surface area contributed by atoms with Crippen LogP contribution in [-0.4, -0.2) is 6.61 Å². The van der Waals surface area contributed by atoms with Crippen LogP contribution >= 0.6 is 12.4 Å². The van der Waals surface area contributed by atoms with E-state index in [4.69, 9.17) is 10.5 Å². The molecule has 0 aliphatic carbocycles. The summed E-state index contributed by atoms with van der Waals surface area (Å²) in [4.78, 5) is 0. The van der Waals surface area contributed by atoms with Gasteiger partial charge in [-0.15, -0.1) is 12.4 Å². The number of anilines is 1. The number of nitrogens with two attached hydrogens (primary N) is 1. The highest BCUT2D eigenvalue weighted by atomic mass is 35.5. The molecule has 0 heterocycles. The van der Waals surface area contributed by atoms with Crippen molar-refractivity contribution in [1.29, 1.82) is 0 Å². The van der Waals surface area contributed by atoms with Crippen molar-refractivity contribution >= 4 is 18.1 Å². The fourth-order valence-corrected chi connectivity index (χ4v) is 1.07. The first-order valence-corrected chi connectivity index (χ1v) is 4.54. The molecule has 0 fully saturated rings. The second-order valence-corrected chi connectivity index (χ2v) is 3.10. The molecule has 0 aliphatic heterocycles. The Bertz CT molecular complexity index is 341. The van der Waals surface area contributed by atoms with Gasteiger partial charge in [0.1, 0.15) is 5.75 Å². The Hall–Kier alpha value is -1.10. The molecule has 0 aromatic heterocycles. The van der Waals surface area contributed by atoms with Gasteiger partial charge in [0.2, 0.25) is 0 Å². The molecule has 1 rings (SSSR count). The molecular formula is C10H13ClF3NO. The lowest BCUT2D eigenvalue weighted by atomic mass is 10.2. The normalized spacial score (nSPS) is 10.8. The standard InChI is InChI=1S/C10H12F3NO.ClH/c1-2-5-15-9-4-3-7(6-8(9)14)10(11,12)13;/h3-4,6H,2,5,14H2,1H3;1H. The van der Waals surface area contributed by atoms with Crippen LogP contribution in [0.2, 0.25) is 0 Å². The predicted octanol–water partition coefficient (Wildman–Crippen LogP) is 3.50. The van der Waals surface area contributed by atoms with Crippen molar-refractivity contribution in [3.8, 4) is 5.75 Å². The number of hydrogen-bond acceptors (Lipinski definition) is 2. The number of benzene rings is 1. The van der Waals surface area contributed by atoms with Gasteiger partial charge in [0.25, 0.3) is 0 Å². The van der Waals surface area contributed by atoms with E-state index in [1.165, 1.54) is 6.07 Å². The Morgan fingerprint density at radius 2 is 1.94 bits per heavy atom. The summed E-state index contributed by atoms with van der Waals surface area (Å²) in [6.07, 6.45) is -3.59. The van der Waals surface area contributed by atoms with Crippen LogP contribution in [-0.2, 0) is 6.18 Å². The minimum Gasteiger partial charge on any atom is -0.491 e. The summed E-state index contributed by atoms with van der Waals surface area (Å²) in [6.45, 7) is 2.34. The zero-order chi connectivity index (χ0) is 11.5. The summed E-state index contributed by atoms with van der Waals surface area (Å²) < 4.78 is 41.9. The molecule has 0 unspecified atom stereocenters. The Kier molecular flexibility index (Phi) is 5.44. The third-order valence-corrected chi connectivity index (χ3v) is 1.80. The van der Waals surface area contributed by atoms with Crippen molar-refractivity contribution < 1.29 is 17.9 Å². The Morgan fingerprint density at radius 1 is 1.31 bits per heavy atom. The zero-order valence-electron chi connectivity index (χ0n) is 8.67. The number of ether oxygens (including phenoxy) is 1. The minimum absolute atomic E-state index is 0. The van der Waals surface area contributed by atoms with Gasteiger partial charge in [-0.05, 0) is 24.6 Å². The maximum Gasteiger partial charge on any atom is 0.416 e. The number of hydrogen-bond donors (Lipinski definition) is 1. The summed E-state index contributed by atoms with van der Waals surface area (Å²) in [5.74, 6) is 0.296. The number of nitrogen functional groups attached to an aromatic ring is 1. The number of rotatable bonds is 3. The Balaban J connectivity index is 0.00000225. The molecule has 16 heavy (non-hydrogen) atoms. The lowest BCUT2D eigenvalue weighted by molar-refractivity contribution is -0.137. The monoisotopic (exact) mass is 255 g/mol. The van der Waals surface area contributed by atoms with E-state index in [1.807, 2.05) is 6.92 Å². The molecule has 0 amide bonds. The van der Waals surface area contributed by atoms with Crippen molar-refractivity contribution in [3.05, 3.63) is 23.8 Å². The summed E-state index contributed by atoms with van der Waals surface area (Å²) >= 11 is 0. The second-order valence-electron chi connectivity index (χ2n) is 3.10. The van der Waals surface area contributed by atoms with Gasteiger partial charge >= 0.3 is 6.18 Å². The van der Waals surface area contributed by atoms with Crippen LogP contribution in [0.5, 0.6) is 5.75 Å². The average Bonchev–Trinajstić information content (AvgIpc) is 2.14. The van der Waals surface area contributed by atoms with E-state index in [2.05, 4.69) is 0 Å². The first-order chi connectivity index (χ1) is 6.95. The topological polar surface area (TPSA) is 35.2 Å². The van der Waals surface area contributed by atoms with Crippen LogP contribution in [0.4, 0.5) is 18.9 Å². The number of alkyl halides is 3. The van der Waals surface area contributed by atoms with E-state index in [9.17, 15) is 13.2 Å². The first-order valence-electron chi connectivity index (χ1n) is 4.54. The van der Waals surface area contributed by atoms with Crippen molar-refractivity contribution in [2.75, 3.05) is 12.3 Å². The molecule has 0 saturated heterocycles. The van der Waals surface area contributed by atoms with E-state index in [0.717, 1.165) is 18.6 Å². The zero-order valence-corrected chi connectivity index (χ0v) is 9.49. The highest BCUT2D eigenvalue weighted by Gasteiger charge is 2.30. The average molecular weight is 256 g/mol. The van der Waals surface area contributed by atoms with Crippen LogP contribution in [0, 0.1) is 0 Å². The van der Waals surface area contributed by atoms with E-state index >= 15 is 0 Å². The molecule has 6 heteroatoms.